The fourth-order valence-electron chi connectivity index (χ4n) is 21.3. The average Bonchev–Trinajstić information content (AvgIpc) is 1.38. The molecule has 0 radical (unpaired) electrons. The minimum Gasteiger partial charge on any atom is -0.493 e. The van der Waals surface area contributed by atoms with E-state index in [-0.39, 0.29) is 0 Å². The van der Waals surface area contributed by atoms with Crippen LogP contribution in [0.5, 0.6) is 23.0 Å². The maximum atomic E-state index is 7.70. The van der Waals surface area contributed by atoms with Crippen molar-refractivity contribution in [2.24, 2.45) is 0 Å². The van der Waals surface area contributed by atoms with Crippen LogP contribution < -0.4 is 18.9 Å². The zero-order valence-corrected chi connectivity index (χ0v) is 62.4. The van der Waals surface area contributed by atoms with Crippen LogP contribution in [0.3, 0.4) is 0 Å². The highest BCUT2D eigenvalue weighted by molar-refractivity contribution is 6.65. The molecule has 526 valence electrons. The van der Waals surface area contributed by atoms with Gasteiger partial charge in [-0.25, -0.2) is 0 Å². The molecule has 0 aromatic heterocycles. The molecule has 0 fully saturated rings. The summed E-state index contributed by atoms with van der Waals surface area (Å²) in [6.45, 7) is 11.8. The number of hydrogen-bond donors (Lipinski definition) is 0. The van der Waals surface area contributed by atoms with Crippen LogP contribution in [-0.4, -0.2) is 26.4 Å². The molecule has 0 unspecified atom stereocenters. The lowest BCUT2D eigenvalue weighted by atomic mass is 9.77. The minimum atomic E-state index is 0.633. The number of fused-ring (bicyclic) bond motifs is 16. The van der Waals surface area contributed by atoms with E-state index >= 15 is 0 Å². The summed E-state index contributed by atoms with van der Waals surface area (Å²) in [7, 11) is 0. The normalized spacial score (nSPS) is 13.0. The second-order valence-electron chi connectivity index (χ2n) is 32.0. The average molecular weight is 1380 g/mol. The molecule has 0 atom stereocenters. The van der Waals surface area contributed by atoms with Crippen molar-refractivity contribution in [3.05, 3.63) is 158 Å². The second kappa shape index (κ2) is 26.0. The standard InChI is InChI=1S/C102H94O4/c1-5-9-13-17-21-33-53-103-75-57-76(104-54-34-22-18-14-10-6-2)82-72-50-46-68-61-39-27-31-43-65(61)80-66-44-32-28-40-62(66)70-48-52-74-84-78(106-56-36-24-20-16-12-8-4)58-77(105-55-35-23-19-15-11-7-3)83-73-51-47-69-60-38-26-30-42-64(60)79-63-41-29-25-37-59(63)67-45-49-71-81(75)95(82)101-97-89(71)85(67)93(79)87(69)91(73)99(97)102(96(83)84)100-92(74)88(70)94(80)86(68)90(72)98(100)101/h25-32,37-52,57-58H,5-24,33-36,53-56H2,1-4H3. The van der Waals surface area contributed by atoms with E-state index in [1.807, 2.05) is 0 Å². The van der Waals surface area contributed by atoms with E-state index in [0.717, 1.165) is 74.4 Å². The fraction of sp³-hybridized carbons (Fsp3) is 0.314. The van der Waals surface area contributed by atoms with E-state index in [4.69, 9.17) is 18.9 Å². The topological polar surface area (TPSA) is 36.9 Å². The summed E-state index contributed by atoms with van der Waals surface area (Å²) in [6.07, 6.45) is 28.5. The van der Waals surface area contributed by atoms with Crippen LogP contribution in [0.1, 0.15) is 182 Å². The predicted octanol–water partition coefficient (Wildman–Crippen LogP) is 31.2. The van der Waals surface area contributed by atoms with Gasteiger partial charge in [-0.3, -0.25) is 0 Å². The van der Waals surface area contributed by atoms with E-state index in [2.05, 4.69) is 185 Å². The second-order valence-corrected chi connectivity index (χ2v) is 32.0. The molecule has 0 spiro atoms. The molecule has 21 rings (SSSR count). The summed E-state index contributed by atoms with van der Waals surface area (Å²) < 4.78 is 30.8. The lowest BCUT2D eigenvalue weighted by molar-refractivity contribution is 0.294. The molecule has 106 heavy (non-hydrogen) atoms. The van der Waals surface area contributed by atoms with Gasteiger partial charge >= 0.3 is 0 Å². The maximum absolute atomic E-state index is 7.70. The van der Waals surface area contributed by atoms with Gasteiger partial charge in [0.1, 0.15) is 23.0 Å². The van der Waals surface area contributed by atoms with E-state index in [9.17, 15) is 0 Å². The highest BCUT2D eigenvalue weighted by Crippen LogP contribution is 2.66. The molecule has 0 N–H and O–H groups in total. The zero-order valence-electron chi connectivity index (χ0n) is 62.4. The molecule has 0 aliphatic heterocycles. The third-order valence-corrected chi connectivity index (χ3v) is 25.9. The van der Waals surface area contributed by atoms with Crippen LogP contribution in [0.4, 0.5) is 0 Å². The number of hydrogen-bond acceptors (Lipinski definition) is 4. The van der Waals surface area contributed by atoms with Crippen LogP contribution in [0.2, 0.25) is 0 Å². The Balaban J connectivity index is 1.04. The SMILES string of the molecule is CCCCCCCCOc1cc(OCCCCCCCC)c2c3ccc4c5ccccc5c5c6ccccc6c6ccc7c8c(OCCCCCCCC)cc(OCCCCCCCC)c9c%10ccc%11c%12ccccc%12c%12c%13ccccc%13c%13ccc%14c1c2c1c2c%14c%13c%12c%11c%10c2c(c98)c2c7c6c5c4c3c12. The van der Waals surface area contributed by atoms with Gasteiger partial charge in [0.05, 0.1) is 26.4 Å². The van der Waals surface area contributed by atoms with Crippen LogP contribution in [0, 0.1) is 0 Å². The molecule has 0 aliphatic rings. The van der Waals surface area contributed by atoms with Crippen LogP contribution in [0.25, 0.3) is 215 Å². The highest BCUT2D eigenvalue weighted by atomic mass is 16.5. The summed E-state index contributed by atoms with van der Waals surface area (Å²) in [5, 5.41) is 51.9. The first-order valence-electron chi connectivity index (χ1n) is 41.4. The van der Waals surface area contributed by atoms with Gasteiger partial charge < -0.3 is 18.9 Å². The van der Waals surface area contributed by atoms with Gasteiger partial charge in [0.25, 0.3) is 0 Å². The molecular weight excluding hydrogens is 1290 g/mol. The first-order valence-corrected chi connectivity index (χ1v) is 41.4. The molecule has 21 aromatic rings. The van der Waals surface area contributed by atoms with Gasteiger partial charge in [0.2, 0.25) is 0 Å². The molecule has 0 saturated heterocycles. The summed E-state index contributed by atoms with van der Waals surface area (Å²) in [4.78, 5) is 0. The fourth-order valence-corrected chi connectivity index (χ4v) is 21.3. The van der Waals surface area contributed by atoms with Crippen molar-refractivity contribution < 1.29 is 18.9 Å². The smallest absolute Gasteiger partial charge is 0.131 e. The monoisotopic (exact) mass is 1380 g/mol. The molecule has 4 heteroatoms. The van der Waals surface area contributed by atoms with Gasteiger partial charge in [-0.2, -0.15) is 0 Å². The molecular formula is C102H94O4. The summed E-state index contributed by atoms with van der Waals surface area (Å²) in [6, 6.07) is 62.6. The summed E-state index contributed by atoms with van der Waals surface area (Å²) in [5.74, 6) is 3.74. The van der Waals surface area contributed by atoms with Crippen LogP contribution >= 0.6 is 0 Å². The number of benzene rings is 19. The van der Waals surface area contributed by atoms with Gasteiger partial charge in [-0.05, 0) is 198 Å². The lowest BCUT2D eigenvalue weighted by Crippen LogP contribution is -2.04. The van der Waals surface area contributed by atoms with Crippen molar-refractivity contribution in [3.8, 4) is 23.0 Å². The highest BCUT2D eigenvalue weighted by Gasteiger charge is 2.37. The Morgan fingerprint density at radius 1 is 0.151 bits per heavy atom. The Kier molecular flexibility index (Phi) is 15.8. The Morgan fingerprint density at radius 3 is 0.566 bits per heavy atom. The van der Waals surface area contributed by atoms with E-state index < -0.39 is 0 Å². The first kappa shape index (κ1) is 64.5. The Morgan fingerprint density at radius 2 is 0.321 bits per heavy atom. The van der Waals surface area contributed by atoms with Crippen molar-refractivity contribution in [3.63, 3.8) is 0 Å². The van der Waals surface area contributed by atoms with Crippen molar-refractivity contribution in [1.29, 1.82) is 0 Å². The number of rotatable bonds is 32. The van der Waals surface area contributed by atoms with Crippen LogP contribution in [0.15, 0.2) is 158 Å². The van der Waals surface area contributed by atoms with Crippen molar-refractivity contribution >= 4 is 215 Å². The van der Waals surface area contributed by atoms with Gasteiger partial charge in [0, 0.05) is 55.2 Å². The van der Waals surface area contributed by atoms with Gasteiger partial charge in [-0.1, -0.05) is 302 Å². The molecule has 21 aromatic carbocycles. The molecule has 0 saturated carbocycles. The zero-order chi connectivity index (χ0) is 70.4. The third kappa shape index (κ3) is 9.18. The van der Waals surface area contributed by atoms with Crippen molar-refractivity contribution in [2.45, 2.75) is 182 Å². The van der Waals surface area contributed by atoms with Gasteiger partial charge in [-0.15, -0.1) is 0 Å². The molecule has 0 amide bonds. The number of unbranched alkanes of at least 4 members (excludes halogenated alkanes) is 20. The molecule has 0 heterocycles. The molecule has 4 nitrogen and oxygen atoms in total. The first-order chi connectivity index (χ1) is 52.6. The summed E-state index contributed by atoms with van der Waals surface area (Å²) >= 11 is 0. The van der Waals surface area contributed by atoms with E-state index in [1.54, 1.807) is 0 Å². The quantitative estimate of drug-likeness (QED) is 0.0239. The van der Waals surface area contributed by atoms with Crippen molar-refractivity contribution in [1.82, 2.24) is 0 Å². The van der Waals surface area contributed by atoms with Crippen molar-refractivity contribution in [2.75, 3.05) is 26.4 Å². The number of ether oxygens (including phenoxy) is 4. The van der Waals surface area contributed by atoms with Crippen LogP contribution in [-0.2, 0) is 0 Å². The van der Waals surface area contributed by atoms with Gasteiger partial charge in [0.15, 0.2) is 0 Å². The Hall–Kier alpha value is -9.90. The van der Waals surface area contributed by atoms with E-state index in [1.165, 1.54) is 318 Å². The molecule has 0 bridgehead atoms. The summed E-state index contributed by atoms with van der Waals surface area (Å²) in [5.41, 5.74) is 0. The maximum Gasteiger partial charge on any atom is 0.131 e. The Bertz CT molecular complexity index is 6090. The lowest BCUT2D eigenvalue weighted by Gasteiger charge is -2.27. The predicted molar refractivity (Wildman–Crippen MR) is 462 cm³/mol. The largest absolute Gasteiger partial charge is 0.493 e. The van der Waals surface area contributed by atoms with E-state index in [0.29, 0.717) is 26.4 Å². The Labute approximate surface area is 619 Å². The third-order valence-electron chi connectivity index (χ3n) is 25.9. The minimum absolute atomic E-state index is 0.633. The molecule has 0 aliphatic carbocycles.